The molecule has 0 aromatic heterocycles. The zero-order valence-electron chi connectivity index (χ0n) is 10.4. The van der Waals surface area contributed by atoms with Crippen molar-refractivity contribution in [2.24, 2.45) is 0 Å². The molecule has 1 aliphatic rings. The fraction of sp³-hybridized carbons (Fsp3) is 0.267. The number of carbonyl (C=O) groups excluding carboxylic acids is 1. The molecule has 0 bridgehead atoms. The van der Waals surface area contributed by atoms with E-state index in [1.54, 1.807) is 0 Å². The molecule has 3 nitrogen and oxygen atoms in total. The number of hydrogen-bond donors (Lipinski definition) is 0. The van der Waals surface area contributed by atoms with E-state index in [1.165, 1.54) is 7.11 Å². The van der Waals surface area contributed by atoms with Crippen LogP contribution < -0.4 is 0 Å². The highest BCUT2D eigenvalue weighted by Crippen LogP contribution is 2.30. The van der Waals surface area contributed by atoms with Gasteiger partial charge in [0.15, 0.2) is 0 Å². The second kappa shape index (κ2) is 5.54. The van der Waals surface area contributed by atoms with Gasteiger partial charge < -0.3 is 9.47 Å². The van der Waals surface area contributed by atoms with E-state index in [-0.39, 0.29) is 5.97 Å². The summed E-state index contributed by atoms with van der Waals surface area (Å²) in [6.45, 7) is 4.65. The van der Waals surface area contributed by atoms with Crippen molar-refractivity contribution in [2.45, 2.75) is 12.8 Å². The smallest absolute Gasteiger partial charge is 0.341 e. The van der Waals surface area contributed by atoms with Gasteiger partial charge >= 0.3 is 5.97 Å². The van der Waals surface area contributed by atoms with Crippen LogP contribution in [0.2, 0.25) is 0 Å². The average Bonchev–Trinajstić information content (AvgIpc) is 2.93. The zero-order valence-corrected chi connectivity index (χ0v) is 10.4. The van der Waals surface area contributed by atoms with Gasteiger partial charge in [0.05, 0.1) is 13.7 Å². The summed E-state index contributed by atoms with van der Waals surface area (Å²) in [6, 6.07) is 9.58. The molecular weight excluding hydrogens is 228 g/mol. The Bertz CT molecular complexity index is 478. The van der Waals surface area contributed by atoms with Crippen LogP contribution in [0.25, 0.3) is 5.57 Å². The summed E-state index contributed by atoms with van der Waals surface area (Å²) in [4.78, 5) is 11.9. The molecule has 1 heterocycles. The lowest BCUT2D eigenvalue weighted by molar-refractivity contribution is -0.135. The monoisotopic (exact) mass is 244 g/mol. The Hall–Kier alpha value is -2.03. The van der Waals surface area contributed by atoms with E-state index >= 15 is 0 Å². The van der Waals surface area contributed by atoms with Crippen LogP contribution in [-0.2, 0) is 14.3 Å². The minimum atomic E-state index is -0.388. The Morgan fingerprint density at radius 2 is 2.06 bits per heavy atom. The lowest BCUT2D eigenvalue weighted by atomic mass is 9.97. The molecule has 0 atom stereocenters. The summed E-state index contributed by atoms with van der Waals surface area (Å²) in [7, 11) is 1.37. The molecule has 1 aliphatic heterocycles. The first-order valence-corrected chi connectivity index (χ1v) is 5.93. The molecule has 2 rings (SSSR count). The van der Waals surface area contributed by atoms with Gasteiger partial charge in [0.25, 0.3) is 0 Å². The first-order valence-electron chi connectivity index (χ1n) is 5.93. The molecule has 1 aromatic carbocycles. The first-order chi connectivity index (χ1) is 8.74. The third-order valence-electron chi connectivity index (χ3n) is 2.92. The van der Waals surface area contributed by atoms with Gasteiger partial charge in [0.2, 0.25) is 0 Å². The lowest BCUT2D eigenvalue weighted by Gasteiger charge is -2.12. The maximum Gasteiger partial charge on any atom is 0.341 e. The molecule has 0 aliphatic carbocycles. The van der Waals surface area contributed by atoms with Crippen LogP contribution in [0.1, 0.15) is 18.4 Å². The Morgan fingerprint density at radius 3 is 2.61 bits per heavy atom. The van der Waals surface area contributed by atoms with Gasteiger partial charge in [0.1, 0.15) is 11.3 Å². The van der Waals surface area contributed by atoms with Crippen molar-refractivity contribution in [1.82, 2.24) is 0 Å². The number of carbonyl (C=O) groups is 1. The highest BCUT2D eigenvalue weighted by molar-refractivity contribution is 6.06. The molecule has 0 amide bonds. The molecule has 0 radical (unpaired) electrons. The number of rotatable bonds is 3. The predicted octanol–water partition coefficient (Wildman–Crippen LogP) is 2.94. The predicted molar refractivity (Wildman–Crippen MR) is 69.7 cm³/mol. The molecule has 0 spiro atoms. The van der Waals surface area contributed by atoms with E-state index in [4.69, 9.17) is 9.47 Å². The first kappa shape index (κ1) is 12.4. The Kier molecular flexibility index (Phi) is 3.82. The van der Waals surface area contributed by atoms with Crippen molar-refractivity contribution >= 4 is 11.5 Å². The van der Waals surface area contributed by atoms with Crippen LogP contribution in [0.15, 0.2) is 48.2 Å². The van der Waals surface area contributed by atoms with Gasteiger partial charge in [-0.2, -0.15) is 0 Å². The highest BCUT2D eigenvalue weighted by Gasteiger charge is 2.23. The van der Waals surface area contributed by atoms with Gasteiger partial charge in [-0.15, -0.1) is 0 Å². The lowest BCUT2D eigenvalue weighted by Crippen LogP contribution is -2.09. The minimum absolute atomic E-state index is 0.388. The molecule has 1 saturated heterocycles. The molecule has 0 saturated carbocycles. The summed E-state index contributed by atoms with van der Waals surface area (Å²) >= 11 is 0. The van der Waals surface area contributed by atoms with Crippen molar-refractivity contribution in [3.05, 3.63) is 53.8 Å². The second-order valence-electron chi connectivity index (χ2n) is 4.09. The Morgan fingerprint density at radius 1 is 1.33 bits per heavy atom. The summed E-state index contributed by atoms with van der Waals surface area (Å²) in [5.74, 6) is 0.302. The number of esters is 1. The summed E-state index contributed by atoms with van der Waals surface area (Å²) in [5, 5.41) is 0. The van der Waals surface area contributed by atoms with Gasteiger partial charge in [-0.25, -0.2) is 4.79 Å². The minimum Gasteiger partial charge on any atom is -0.497 e. The van der Waals surface area contributed by atoms with Crippen LogP contribution in [0.4, 0.5) is 0 Å². The van der Waals surface area contributed by atoms with Crippen molar-refractivity contribution < 1.29 is 14.3 Å². The van der Waals surface area contributed by atoms with Crippen LogP contribution in [-0.4, -0.2) is 19.7 Å². The van der Waals surface area contributed by atoms with Gasteiger partial charge in [-0.05, 0) is 17.6 Å². The fourth-order valence-electron chi connectivity index (χ4n) is 1.99. The maximum atomic E-state index is 11.9. The molecular formula is C15H16O3. The number of ether oxygens (including phenoxy) is 2. The second-order valence-corrected chi connectivity index (χ2v) is 4.09. The third-order valence-corrected chi connectivity index (χ3v) is 2.92. The summed E-state index contributed by atoms with van der Waals surface area (Å²) < 4.78 is 10.3. The van der Waals surface area contributed by atoms with E-state index in [9.17, 15) is 4.79 Å². The zero-order chi connectivity index (χ0) is 13.0. The van der Waals surface area contributed by atoms with E-state index in [0.717, 1.165) is 18.4 Å². The number of methoxy groups -OCH3 is 1. The molecule has 1 fully saturated rings. The van der Waals surface area contributed by atoms with Gasteiger partial charge in [0, 0.05) is 6.42 Å². The largest absolute Gasteiger partial charge is 0.497 e. The Balaban J connectivity index is 2.39. The number of hydrogen-bond acceptors (Lipinski definition) is 3. The number of allylic oxidation sites excluding steroid dienone is 1. The maximum absolute atomic E-state index is 11.9. The van der Waals surface area contributed by atoms with Gasteiger partial charge in [-0.1, -0.05) is 36.9 Å². The van der Waals surface area contributed by atoms with Crippen molar-refractivity contribution in [3.8, 4) is 0 Å². The topological polar surface area (TPSA) is 35.5 Å². The average molecular weight is 244 g/mol. The van der Waals surface area contributed by atoms with E-state index in [0.29, 0.717) is 23.5 Å². The SMILES string of the molecule is C=C(/C(C(=O)OC)=C1/CCCO1)c1ccccc1. The molecule has 1 aromatic rings. The van der Waals surface area contributed by atoms with E-state index < -0.39 is 0 Å². The Labute approximate surface area is 107 Å². The van der Waals surface area contributed by atoms with Crippen molar-refractivity contribution in [3.63, 3.8) is 0 Å². The van der Waals surface area contributed by atoms with Gasteiger partial charge in [-0.3, -0.25) is 0 Å². The standard InChI is InChI=1S/C15H16O3/c1-11(12-7-4-3-5-8-12)14(15(16)17-2)13-9-6-10-18-13/h3-5,7-8H,1,6,9-10H2,2H3/b14-13+. The number of benzene rings is 1. The van der Waals surface area contributed by atoms with Crippen LogP contribution in [0.3, 0.4) is 0 Å². The quantitative estimate of drug-likeness (QED) is 0.605. The van der Waals surface area contributed by atoms with Crippen molar-refractivity contribution in [2.75, 3.05) is 13.7 Å². The molecule has 94 valence electrons. The van der Waals surface area contributed by atoms with E-state index in [2.05, 4.69) is 6.58 Å². The van der Waals surface area contributed by atoms with Crippen LogP contribution in [0.5, 0.6) is 0 Å². The fourth-order valence-corrected chi connectivity index (χ4v) is 1.99. The summed E-state index contributed by atoms with van der Waals surface area (Å²) in [5.41, 5.74) is 2.02. The molecule has 18 heavy (non-hydrogen) atoms. The molecule has 3 heteroatoms. The van der Waals surface area contributed by atoms with Crippen LogP contribution in [0, 0.1) is 0 Å². The normalized spacial score (nSPS) is 16.9. The summed E-state index contributed by atoms with van der Waals surface area (Å²) in [6.07, 6.45) is 1.69. The highest BCUT2D eigenvalue weighted by atomic mass is 16.5. The van der Waals surface area contributed by atoms with Crippen LogP contribution >= 0.6 is 0 Å². The van der Waals surface area contributed by atoms with Crippen molar-refractivity contribution in [1.29, 1.82) is 0 Å². The van der Waals surface area contributed by atoms with E-state index in [1.807, 2.05) is 30.3 Å². The third kappa shape index (κ3) is 2.45. The molecule has 0 unspecified atom stereocenters. The molecule has 0 N–H and O–H groups in total.